The Labute approximate surface area is 96.5 Å². The number of nitrogens with zero attached hydrogens (tertiary/aromatic N) is 1. The van der Waals surface area contributed by atoms with Crippen molar-refractivity contribution in [3.8, 4) is 0 Å². The molecule has 1 unspecified atom stereocenters. The SMILES string of the molecule is CN(C)c1cc(C2(C)CCCN2)ccc1F. The molecule has 1 fully saturated rings. The van der Waals surface area contributed by atoms with Crippen LogP contribution in [0.15, 0.2) is 18.2 Å². The summed E-state index contributed by atoms with van der Waals surface area (Å²) >= 11 is 0. The van der Waals surface area contributed by atoms with Crippen LogP contribution >= 0.6 is 0 Å². The van der Waals surface area contributed by atoms with Gasteiger partial charge in [-0.1, -0.05) is 6.07 Å². The maximum absolute atomic E-state index is 13.6. The highest BCUT2D eigenvalue weighted by molar-refractivity contribution is 5.50. The van der Waals surface area contributed by atoms with Gasteiger partial charge in [0.15, 0.2) is 0 Å². The van der Waals surface area contributed by atoms with Crippen LogP contribution in [-0.4, -0.2) is 20.6 Å². The van der Waals surface area contributed by atoms with Gasteiger partial charge in [0, 0.05) is 19.6 Å². The summed E-state index contributed by atoms with van der Waals surface area (Å²) in [5.41, 5.74) is 1.85. The molecule has 3 heteroatoms. The number of hydrogen-bond acceptors (Lipinski definition) is 2. The molecule has 16 heavy (non-hydrogen) atoms. The van der Waals surface area contributed by atoms with Gasteiger partial charge in [-0.25, -0.2) is 4.39 Å². The van der Waals surface area contributed by atoms with Gasteiger partial charge in [-0.05, 0) is 44.0 Å². The van der Waals surface area contributed by atoms with Gasteiger partial charge in [0.05, 0.1) is 5.69 Å². The third-order valence-electron chi connectivity index (χ3n) is 3.43. The Balaban J connectivity index is 2.39. The van der Waals surface area contributed by atoms with Crippen molar-refractivity contribution < 1.29 is 4.39 Å². The minimum atomic E-state index is -0.157. The van der Waals surface area contributed by atoms with E-state index in [2.05, 4.69) is 12.2 Å². The fourth-order valence-corrected chi connectivity index (χ4v) is 2.34. The van der Waals surface area contributed by atoms with Gasteiger partial charge < -0.3 is 10.2 Å². The van der Waals surface area contributed by atoms with E-state index >= 15 is 0 Å². The topological polar surface area (TPSA) is 15.3 Å². The predicted molar refractivity (Wildman–Crippen MR) is 65.3 cm³/mol. The Morgan fingerprint density at radius 1 is 1.38 bits per heavy atom. The molecule has 0 aromatic heterocycles. The summed E-state index contributed by atoms with van der Waals surface area (Å²) in [6.45, 7) is 3.23. The van der Waals surface area contributed by atoms with Crippen molar-refractivity contribution in [3.05, 3.63) is 29.6 Å². The third-order valence-corrected chi connectivity index (χ3v) is 3.43. The fraction of sp³-hybridized carbons (Fsp3) is 0.538. The van der Waals surface area contributed by atoms with Crippen molar-refractivity contribution in [3.63, 3.8) is 0 Å². The molecule has 1 N–H and O–H groups in total. The molecule has 1 aliphatic rings. The highest BCUT2D eigenvalue weighted by Gasteiger charge is 2.30. The lowest BCUT2D eigenvalue weighted by molar-refractivity contribution is 0.434. The fourth-order valence-electron chi connectivity index (χ4n) is 2.34. The van der Waals surface area contributed by atoms with Crippen molar-refractivity contribution in [2.75, 3.05) is 25.5 Å². The number of benzene rings is 1. The van der Waals surface area contributed by atoms with Gasteiger partial charge in [0.25, 0.3) is 0 Å². The Bertz CT molecular complexity index is 382. The molecule has 1 aromatic rings. The first-order valence-corrected chi connectivity index (χ1v) is 5.75. The number of hydrogen-bond donors (Lipinski definition) is 1. The molecule has 1 atom stereocenters. The zero-order chi connectivity index (χ0) is 11.8. The molecular formula is C13H19FN2. The first-order chi connectivity index (χ1) is 7.53. The molecule has 1 saturated heterocycles. The van der Waals surface area contributed by atoms with Crippen molar-refractivity contribution in [2.24, 2.45) is 0 Å². The van der Waals surface area contributed by atoms with E-state index in [1.54, 1.807) is 6.07 Å². The average molecular weight is 222 g/mol. The molecule has 2 nitrogen and oxygen atoms in total. The molecule has 0 spiro atoms. The normalized spacial score (nSPS) is 24.8. The van der Waals surface area contributed by atoms with Gasteiger partial charge in [0.2, 0.25) is 0 Å². The van der Waals surface area contributed by atoms with Crippen LogP contribution < -0.4 is 10.2 Å². The van der Waals surface area contributed by atoms with Crippen LogP contribution in [0, 0.1) is 5.82 Å². The molecule has 0 amide bonds. The van der Waals surface area contributed by atoms with E-state index < -0.39 is 0 Å². The van der Waals surface area contributed by atoms with E-state index in [1.165, 1.54) is 12.0 Å². The minimum Gasteiger partial charge on any atom is -0.375 e. The standard InChI is InChI=1S/C13H19FN2/c1-13(7-4-8-15-13)10-5-6-11(14)12(9-10)16(2)3/h5-6,9,15H,4,7-8H2,1-3H3. The van der Waals surface area contributed by atoms with Crippen molar-refractivity contribution >= 4 is 5.69 Å². The summed E-state index contributed by atoms with van der Waals surface area (Å²) in [4.78, 5) is 1.82. The molecule has 0 aliphatic carbocycles. The molecular weight excluding hydrogens is 203 g/mol. The van der Waals surface area contributed by atoms with Gasteiger partial charge in [0.1, 0.15) is 5.82 Å². The summed E-state index contributed by atoms with van der Waals surface area (Å²) in [6.07, 6.45) is 2.30. The minimum absolute atomic E-state index is 0.0124. The highest BCUT2D eigenvalue weighted by atomic mass is 19.1. The zero-order valence-corrected chi connectivity index (χ0v) is 10.2. The lowest BCUT2D eigenvalue weighted by atomic mass is 9.90. The van der Waals surface area contributed by atoms with E-state index in [0.29, 0.717) is 5.69 Å². The van der Waals surface area contributed by atoms with Crippen molar-refractivity contribution in [2.45, 2.75) is 25.3 Å². The maximum atomic E-state index is 13.6. The van der Waals surface area contributed by atoms with Crippen molar-refractivity contribution in [1.82, 2.24) is 5.32 Å². The summed E-state index contributed by atoms with van der Waals surface area (Å²) in [5, 5.41) is 3.49. The quantitative estimate of drug-likeness (QED) is 0.827. The zero-order valence-electron chi connectivity index (χ0n) is 10.2. The van der Waals surface area contributed by atoms with Gasteiger partial charge in [-0.3, -0.25) is 0 Å². The van der Waals surface area contributed by atoms with E-state index in [9.17, 15) is 4.39 Å². The first-order valence-electron chi connectivity index (χ1n) is 5.75. The molecule has 1 aromatic carbocycles. The number of rotatable bonds is 2. The van der Waals surface area contributed by atoms with E-state index in [1.807, 2.05) is 31.1 Å². The van der Waals surface area contributed by atoms with Crippen LogP contribution in [0.5, 0.6) is 0 Å². The van der Waals surface area contributed by atoms with Crippen LogP contribution in [0.3, 0.4) is 0 Å². The van der Waals surface area contributed by atoms with Gasteiger partial charge in [-0.15, -0.1) is 0 Å². The van der Waals surface area contributed by atoms with Crippen LogP contribution in [0.2, 0.25) is 0 Å². The van der Waals surface area contributed by atoms with E-state index in [0.717, 1.165) is 13.0 Å². The second-order valence-corrected chi connectivity index (χ2v) is 4.92. The van der Waals surface area contributed by atoms with Crippen LogP contribution in [0.25, 0.3) is 0 Å². The van der Waals surface area contributed by atoms with Crippen molar-refractivity contribution in [1.29, 1.82) is 0 Å². The molecule has 0 radical (unpaired) electrons. The average Bonchev–Trinajstić information content (AvgIpc) is 2.66. The molecule has 0 bridgehead atoms. The Kier molecular flexibility index (Phi) is 2.89. The summed E-state index contributed by atoms with van der Waals surface area (Å²) in [7, 11) is 3.74. The summed E-state index contributed by atoms with van der Waals surface area (Å²) in [6, 6.07) is 5.41. The van der Waals surface area contributed by atoms with E-state index in [-0.39, 0.29) is 11.4 Å². The highest BCUT2D eigenvalue weighted by Crippen LogP contribution is 2.32. The number of nitrogens with one attached hydrogen (secondary N) is 1. The lowest BCUT2D eigenvalue weighted by Gasteiger charge is -2.26. The molecule has 0 saturated carbocycles. The second-order valence-electron chi connectivity index (χ2n) is 4.92. The molecule has 2 rings (SSSR count). The van der Waals surface area contributed by atoms with Gasteiger partial charge >= 0.3 is 0 Å². The smallest absolute Gasteiger partial charge is 0.146 e. The predicted octanol–water partition coefficient (Wildman–Crippen LogP) is 2.49. The van der Waals surface area contributed by atoms with Crippen LogP contribution in [0.4, 0.5) is 10.1 Å². The van der Waals surface area contributed by atoms with Gasteiger partial charge in [-0.2, -0.15) is 0 Å². The largest absolute Gasteiger partial charge is 0.375 e. The van der Waals surface area contributed by atoms with Crippen LogP contribution in [0.1, 0.15) is 25.3 Å². The third kappa shape index (κ3) is 1.92. The number of anilines is 1. The Hall–Kier alpha value is -1.09. The maximum Gasteiger partial charge on any atom is 0.146 e. The summed E-state index contributed by atoms with van der Waals surface area (Å²) < 4.78 is 13.6. The number of halogens is 1. The molecule has 1 heterocycles. The molecule has 88 valence electrons. The Morgan fingerprint density at radius 2 is 2.12 bits per heavy atom. The van der Waals surface area contributed by atoms with Crippen LogP contribution in [-0.2, 0) is 5.54 Å². The monoisotopic (exact) mass is 222 g/mol. The van der Waals surface area contributed by atoms with E-state index in [4.69, 9.17) is 0 Å². The second kappa shape index (κ2) is 4.06. The first kappa shape index (κ1) is 11.4. The lowest BCUT2D eigenvalue weighted by Crippen LogP contribution is -2.33. The molecule has 1 aliphatic heterocycles. The Morgan fingerprint density at radius 3 is 2.69 bits per heavy atom. The summed E-state index contributed by atoms with van der Waals surface area (Å²) in [5.74, 6) is -0.157.